The van der Waals surface area contributed by atoms with Gasteiger partial charge in [0.15, 0.2) is 0 Å². The van der Waals surface area contributed by atoms with Crippen LogP contribution in [0.15, 0.2) is 54.6 Å². The average molecular weight is 426 g/mol. The zero-order chi connectivity index (χ0) is 20.9. The number of hydrogen-bond donors (Lipinski definition) is 1. The standard InChI is InChI=1S/C24H27NO4S/c26-22(18-10-5-2-6-11-18)25-21(24(27)28)16-30-23(25)19-12-7-13-20(14-19)29-15-17-8-3-1-4-9-17/h1,3-4,7-9,12-14,18,21,23H,2,5-6,10-11,15-16H2,(H,27,28). The zero-order valence-electron chi connectivity index (χ0n) is 16.9. The van der Waals surface area contributed by atoms with Crippen molar-refractivity contribution in [1.29, 1.82) is 0 Å². The predicted octanol–water partition coefficient (Wildman–Crippen LogP) is 4.87. The van der Waals surface area contributed by atoms with Crippen LogP contribution >= 0.6 is 11.8 Å². The zero-order valence-corrected chi connectivity index (χ0v) is 17.7. The van der Waals surface area contributed by atoms with Crippen molar-refractivity contribution in [2.75, 3.05) is 5.75 Å². The molecule has 1 amide bonds. The van der Waals surface area contributed by atoms with E-state index in [1.54, 1.807) is 4.90 Å². The molecule has 2 aromatic rings. The van der Waals surface area contributed by atoms with E-state index in [0.29, 0.717) is 12.4 Å². The van der Waals surface area contributed by atoms with Crippen molar-refractivity contribution >= 4 is 23.6 Å². The summed E-state index contributed by atoms with van der Waals surface area (Å²) >= 11 is 1.52. The highest BCUT2D eigenvalue weighted by atomic mass is 32.2. The largest absolute Gasteiger partial charge is 0.489 e. The molecule has 30 heavy (non-hydrogen) atoms. The van der Waals surface area contributed by atoms with E-state index >= 15 is 0 Å². The van der Waals surface area contributed by atoms with Gasteiger partial charge in [-0.05, 0) is 36.1 Å². The highest BCUT2D eigenvalue weighted by molar-refractivity contribution is 7.99. The molecule has 2 atom stereocenters. The number of hydrogen-bond acceptors (Lipinski definition) is 4. The Balaban J connectivity index is 1.53. The number of ether oxygens (including phenoxy) is 1. The van der Waals surface area contributed by atoms with E-state index in [0.717, 1.165) is 49.0 Å². The highest BCUT2D eigenvalue weighted by Crippen LogP contribution is 2.44. The molecule has 6 heteroatoms. The average Bonchev–Trinajstić information content (AvgIpc) is 3.24. The van der Waals surface area contributed by atoms with E-state index < -0.39 is 12.0 Å². The molecule has 1 saturated heterocycles. The van der Waals surface area contributed by atoms with Crippen LogP contribution in [0.4, 0.5) is 0 Å². The normalized spacial score (nSPS) is 22.1. The number of carbonyl (C=O) groups is 2. The van der Waals surface area contributed by atoms with Crippen LogP contribution in [0.25, 0.3) is 0 Å². The fourth-order valence-electron chi connectivity index (χ4n) is 4.28. The van der Waals surface area contributed by atoms with Crippen LogP contribution in [-0.4, -0.2) is 33.7 Å². The molecule has 2 aromatic carbocycles. The molecular weight excluding hydrogens is 398 g/mol. The van der Waals surface area contributed by atoms with Crippen LogP contribution in [0.2, 0.25) is 0 Å². The Bertz CT molecular complexity index is 882. The smallest absolute Gasteiger partial charge is 0.327 e. The van der Waals surface area contributed by atoms with Gasteiger partial charge in [0.2, 0.25) is 5.91 Å². The summed E-state index contributed by atoms with van der Waals surface area (Å²) in [5.41, 5.74) is 2.00. The molecule has 1 aliphatic heterocycles. The van der Waals surface area contributed by atoms with Crippen molar-refractivity contribution in [2.24, 2.45) is 5.92 Å². The first-order chi connectivity index (χ1) is 14.6. The van der Waals surface area contributed by atoms with Crippen LogP contribution in [0.1, 0.15) is 48.6 Å². The Kier molecular flexibility index (Phi) is 6.62. The van der Waals surface area contributed by atoms with Crippen molar-refractivity contribution < 1.29 is 19.4 Å². The third-order valence-corrected chi connectivity index (χ3v) is 7.21. The van der Waals surface area contributed by atoms with Gasteiger partial charge in [-0.25, -0.2) is 4.79 Å². The van der Waals surface area contributed by atoms with Crippen molar-refractivity contribution in [3.63, 3.8) is 0 Å². The number of thioether (sulfide) groups is 1. The van der Waals surface area contributed by atoms with Crippen LogP contribution in [0.3, 0.4) is 0 Å². The number of carbonyl (C=O) groups excluding carboxylic acids is 1. The van der Waals surface area contributed by atoms with Gasteiger partial charge >= 0.3 is 5.97 Å². The van der Waals surface area contributed by atoms with Gasteiger partial charge in [0.25, 0.3) is 0 Å². The Hall–Kier alpha value is -2.47. The quantitative estimate of drug-likeness (QED) is 0.715. The van der Waals surface area contributed by atoms with E-state index in [9.17, 15) is 14.7 Å². The van der Waals surface area contributed by atoms with Gasteiger partial charge in [-0.1, -0.05) is 61.7 Å². The van der Waals surface area contributed by atoms with Crippen molar-refractivity contribution in [3.8, 4) is 5.75 Å². The maximum absolute atomic E-state index is 13.3. The summed E-state index contributed by atoms with van der Waals surface area (Å²) in [4.78, 5) is 26.8. The summed E-state index contributed by atoms with van der Waals surface area (Å²) < 4.78 is 5.95. The van der Waals surface area contributed by atoms with Crippen molar-refractivity contribution in [3.05, 3.63) is 65.7 Å². The van der Waals surface area contributed by atoms with Gasteiger partial charge in [-0.3, -0.25) is 4.79 Å². The summed E-state index contributed by atoms with van der Waals surface area (Å²) in [7, 11) is 0. The highest BCUT2D eigenvalue weighted by Gasteiger charge is 2.44. The minimum atomic E-state index is -0.925. The number of nitrogens with zero attached hydrogens (tertiary/aromatic N) is 1. The predicted molar refractivity (Wildman–Crippen MR) is 117 cm³/mol. The summed E-state index contributed by atoms with van der Waals surface area (Å²) in [6, 6.07) is 16.9. The lowest BCUT2D eigenvalue weighted by Crippen LogP contribution is -2.46. The molecule has 0 bridgehead atoms. The van der Waals surface area contributed by atoms with Crippen LogP contribution in [0.5, 0.6) is 5.75 Å². The summed E-state index contributed by atoms with van der Waals surface area (Å²) in [5, 5.41) is 9.44. The van der Waals surface area contributed by atoms with Crippen LogP contribution < -0.4 is 4.74 Å². The molecule has 1 heterocycles. The minimum Gasteiger partial charge on any atom is -0.489 e. The summed E-state index contributed by atoms with van der Waals surface area (Å²) in [6.07, 6.45) is 4.97. The van der Waals surface area contributed by atoms with Gasteiger partial charge in [-0.2, -0.15) is 0 Å². The van der Waals surface area contributed by atoms with Crippen molar-refractivity contribution in [1.82, 2.24) is 4.90 Å². The molecule has 0 aromatic heterocycles. The molecule has 2 unspecified atom stereocenters. The number of carboxylic acid groups (broad SMARTS) is 1. The lowest BCUT2D eigenvalue weighted by Gasteiger charge is -2.32. The molecule has 1 saturated carbocycles. The van der Waals surface area contributed by atoms with Gasteiger partial charge in [-0.15, -0.1) is 11.8 Å². The molecule has 5 nitrogen and oxygen atoms in total. The molecule has 0 spiro atoms. The number of rotatable bonds is 6. The van der Waals surface area contributed by atoms with E-state index in [2.05, 4.69) is 0 Å². The summed E-state index contributed by atoms with van der Waals surface area (Å²) in [5.74, 6) is 0.145. The molecule has 1 aliphatic carbocycles. The molecule has 2 aliphatic rings. The molecule has 4 rings (SSSR count). The van der Waals surface area contributed by atoms with Gasteiger partial charge in [0.05, 0.1) is 0 Å². The number of aliphatic carboxylic acids is 1. The second kappa shape index (κ2) is 9.56. The van der Waals surface area contributed by atoms with E-state index in [1.165, 1.54) is 11.8 Å². The van der Waals surface area contributed by atoms with Crippen LogP contribution in [0, 0.1) is 5.92 Å². The Morgan fingerprint density at radius 1 is 1.03 bits per heavy atom. The summed E-state index contributed by atoms with van der Waals surface area (Å²) in [6.45, 7) is 0.463. The van der Waals surface area contributed by atoms with Gasteiger partial charge < -0.3 is 14.7 Å². The first-order valence-corrected chi connectivity index (χ1v) is 11.6. The van der Waals surface area contributed by atoms with Crippen molar-refractivity contribution in [2.45, 2.75) is 50.1 Å². The fraction of sp³-hybridized carbons (Fsp3) is 0.417. The lowest BCUT2D eigenvalue weighted by atomic mass is 9.88. The van der Waals surface area contributed by atoms with E-state index in [-0.39, 0.29) is 17.2 Å². The fourth-order valence-corrected chi connectivity index (χ4v) is 5.70. The number of carboxylic acids is 1. The molecule has 158 valence electrons. The molecule has 1 N–H and O–H groups in total. The number of benzene rings is 2. The molecule has 2 fully saturated rings. The topological polar surface area (TPSA) is 66.8 Å². The molecular formula is C24H27NO4S. The van der Waals surface area contributed by atoms with E-state index in [4.69, 9.17) is 4.74 Å². The SMILES string of the molecule is O=C(O)C1CSC(c2cccc(OCc3ccccc3)c2)N1C(=O)C1CCCCC1. The Morgan fingerprint density at radius 2 is 1.80 bits per heavy atom. The second-order valence-corrected chi connectivity index (χ2v) is 9.08. The number of amides is 1. The Morgan fingerprint density at radius 3 is 2.53 bits per heavy atom. The van der Waals surface area contributed by atoms with E-state index in [1.807, 2.05) is 54.6 Å². The second-order valence-electron chi connectivity index (χ2n) is 7.97. The van der Waals surface area contributed by atoms with Gasteiger partial charge in [0.1, 0.15) is 23.8 Å². The third kappa shape index (κ3) is 4.64. The maximum atomic E-state index is 13.3. The van der Waals surface area contributed by atoms with Gasteiger partial charge in [0, 0.05) is 11.7 Å². The first kappa shape index (κ1) is 20.8. The molecule has 0 radical (unpaired) electrons. The minimum absolute atomic E-state index is 0.00675. The maximum Gasteiger partial charge on any atom is 0.327 e. The van der Waals surface area contributed by atoms with Crippen LogP contribution in [-0.2, 0) is 16.2 Å². The monoisotopic (exact) mass is 425 g/mol. The Labute approximate surface area is 181 Å². The third-order valence-electron chi connectivity index (χ3n) is 5.89. The first-order valence-electron chi connectivity index (χ1n) is 10.6. The lowest BCUT2D eigenvalue weighted by molar-refractivity contribution is -0.151.